The zero-order chi connectivity index (χ0) is 16.9. The van der Waals surface area contributed by atoms with E-state index in [2.05, 4.69) is 15.3 Å². The maximum atomic E-state index is 12.2. The first-order valence-electron chi connectivity index (χ1n) is 7.99. The van der Waals surface area contributed by atoms with Crippen LogP contribution < -0.4 is 5.32 Å². The number of carbonyl (C=O) groups is 2. The second-order valence-electron chi connectivity index (χ2n) is 5.94. The molecule has 0 saturated carbocycles. The number of hydrogen-bond acceptors (Lipinski definition) is 3. The first-order chi connectivity index (χ1) is 11.6. The highest BCUT2D eigenvalue weighted by Crippen LogP contribution is 2.17. The fraction of sp³-hybridized carbons (Fsp3) is 0.353. The van der Waals surface area contributed by atoms with Gasteiger partial charge in [-0.05, 0) is 30.9 Å². The van der Waals surface area contributed by atoms with Crippen LogP contribution in [0.2, 0.25) is 0 Å². The summed E-state index contributed by atoms with van der Waals surface area (Å²) in [5, 5.41) is 11.9. The largest absolute Gasteiger partial charge is 0.465 e. The predicted octanol–water partition coefficient (Wildman–Crippen LogP) is 2.20. The van der Waals surface area contributed by atoms with Crippen molar-refractivity contribution >= 4 is 12.0 Å². The molecule has 1 aromatic carbocycles. The molecule has 3 rings (SSSR count). The van der Waals surface area contributed by atoms with E-state index in [4.69, 9.17) is 5.11 Å². The van der Waals surface area contributed by atoms with Gasteiger partial charge >= 0.3 is 6.09 Å². The van der Waals surface area contributed by atoms with Crippen LogP contribution in [0.3, 0.4) is 0 Å². The lowest BCUT2D eigenvalue weighted by Crippen LogP contribution is -2.40. The number of carboxylic acid groups (broad SMARTS) is 1. The quantitative estimate of drug-likeness (QED) is 0.801. The number of aromatic amines is 1. The van der Waals surface area contributed by atoms with Gasteiger partial charge in [0.15, 0.2) is 0 Å². The third-order valence-corrected chi connectivity index (χ3v) is 4.36. The smallest absolute Gasteiger partial charge is 0.407 e. The normalized spacial score (nSPS) is 15.2. The molecule has 0 spiro atoms. The molecule has 0 bridgehead atoms. The molecule has 3 N–H and O–H groups in total. The van der Waals surface area contributed by atoms with Crippen LogP contribution in [-0.2, 0) is 0 Å². The van der Waals surface area contributed by atoms with Crippen LogP contribution in [-0.4, -0.2) is 51.6 Å². The molecule has 24 heavy (non-hydrogen) atoms. The van der Waals surface area contributed by atoms with Gasteiger partial charge in [-0.25, -0.2) is 9.78 Å². The highest BCUT2D eigenvalue weighted by Gasteiger charge is 2.22. The van der Waals surface area contributed by atoms with Gasteiger partial charge in [-0.1, -0.05) is 12.1 Å². The number of hydrogen-bond donors (Lipinski definition) is 3. The van der Waals surface area contributed by atoms with Gasteiger partial charge in [0.05, 0.1) is 0 Å². The zero-order valence-electron chi connectivity index (χ0n) is 13.2. The molecule has 1 aromatic heterocycles. The number of nitrogens with one attached hydrogen (secondary N) is 2. The Morgan fingerprint density at radius 1 is 1.25 bits per heavy atom. The molecule has 7 nitrogen and oxygen atoms in total. The van der Waals surface area contributed by atoms with E-state index in [1.165, 1.54) is 4.90 Å². The molecule has 0 aliphatic carbocycles. The summed E-state index contributed by atoms with van der Waals surface area (Å²) in [5.41, 5.74) is 1.53. The number of likely N-dealkylation sites (tertiary alicyclic amines) is 1. The Balaban J connectivity index is 1.50. The van der Waals surface area contributed by atoms with Gasteiger partial charge < -0.3 is 20.3 Å². The molecule has 2 amide bonds. The molecular weight excluding hydrogens is 308 g/mol. The summed E-state index contributed by atoms with van der Waals surface area (Å²) in [4.78, 5) is 31.7. The average molecular weight is 328 g/mol. The summed E-state index contributed by atoms with van der Waals surface area (Å²) < 4.78 is 0. The van der Waals surface area contributed by atoms with E-state index < -0.39 is 6.09 Å². The highest BCUT2D eigenvalue weighted by atomic mass is 16.4. The third kappa shape index (κ3) is 3.73. The fourth-order valence-electron chi connectivity index (χ4n) is 2.87. The molecule has 7 heteroatoms. The monoisotopic (exact) mass is 328 g/mol. The molecule has 1 saturated heterocycles. The van der Waals surface area contributed by atoms with E-state index in [0.29, 0.717) is 31.1 Å². The number of carbonyl (C=O) groups excluding carboxylic acids is 1. The van der Waals surface area contributed by atoms with Gasteiger partial charge in [0.2, 0.25) is 0 Å². The zero-order valence-corrected chi connectivity index (χ0v) is 13.2. The van der Waals surface area contributed by atoms with Crippen molar-refractivity contribution in [2.45, 2.75) is 12.8 Å². The average Bonchev–Trinajstić information content (AvgIpc) is 3.15. The van der Waals surface area contributed by atoms with Gasteiger partial charge in [-0.3, -0.25) is 4.79 Å². The van der Waals surface area contributed by atoms with Crippen LogP contribution in [0.4, 0.5) is 4.79 Å². The number of benzene rings is 1. The molecule has 126 valence electrons. The number of aromatic nitrogens is 2. The maximum absolute atomic E-state index is 12.2. The van der Waals surface area contributed by atoms with Crippen LogP contribution in [0, 0.1) is 5.92 Å². The summed E-state index contributed by atoms with van der Waals surface area (Å²) >= 11 is 0. The SMILES string of the molecule is O=C(NCC1CCN(C(=O)O)CC1)c1ccc(-c2ncc[nH]2)cc1. The van der Waals surface area contributed by atoms with Crippen molar-refractivity contribution in [1.82, 2.24) is 20.2 Å². The summed E-state index contributed by atoms with van der Waals surface area (Å²) in [6, 6.07) is 7.28. The second-order valence-corrected chi connectivity index (χ2v) is 5.94. The lowest BCUT2D eigenvalue weighted by molar-refractivity contribution is 0.0928. The Hall–Kier alpha value is -2.83. The van der Waals surface area contributed by atoms with E-state index >= 15 is 0 Å². The first-order valence-corrected chi connectivity index (χ1v) is 7.99. The second kappa shape index (κ2) is 7.16. The fourth-order valence-corrected chi connectivity index (χ4v) is 2.87. The van der Waals surface area contributed by atoms with Gasteiger partial charge in [-0.15, -0.1) is 0 Å². The number of rotatable bonds is 4. The Bertz CT molecular complexity index is 689. The Morgan fingerprint density at radius 3 is 2.54 bits per heavy atom. The lowest BCUT2D eigenvalue weighted by Gasteiger charge is -2.29. The molecule has 0 radical (unpaired) electrons. The van der Waals surface area contributed by atoms with Gasteiger partial charge in [0.25, 0.3) is 5.91 Å². The molecule has 0 unspecified atom stereocenters. The number of piperidine rings is 1. The number of amides is 2. The third-order valence-electron chi connectivity index (χ3n) is 4.36. The standard InChI is InChI=1S/C17H20N4O3/c22-16(20-11-12-5-9-21(10-6-12)17(23)24)14-3-1-13(2-4-14)15-18-7-8-19-15/h1-4,7-8,12H,5-6,9-11H2,(H,18,19)(H,20,22)(H,23,24). The van der Waals surface area contributed by atoms with Crippen LogP contribution in [0.5, 0.6) is 0 Å². The van der Waals surface area contributed by atoms with Crippen molar-refractivity contribution in [2.24, 2.45) is 5.92 Å². The van der Waals surface area contributed by atoms with Gasteiger partial charge in [-0.2, -0.15) is 0 Å². The summed E-state index contributed by atoms with van der Waals surface area (Å²) in [6.45, 7) is 1.65. The topological polar surface area (TPSA) is 98.3 Å². The number of H-pyrrole nitrogens is 1. The minimum Gasteiger partial charge on any atom is -0.465 e. The van der Waals surface area contributed by atoms with E-state index in [9.17, 15) is 9.59 Å². The van der Waals surface area contributed by atoms with Crippen LogP contribution in [0.15, 0.2) is 36.7 Å². The van der Waals surface area contributed by atoms with Crippen LogP contribution in [0.1, 0.15) is 23.2 Å². The summed E-state index contributed by atoms with van der Waals surface area (Å²) in [7, 11) is 0. The van der Waals surface area contributed by atoms with Crippen molar-refractivity contribution in [1.29, 1.82) is 0 Å². The molecular formula is C17H20N4O3. The minimum absolute atomic E-state index is 0.110. The van der Waals surface area contributed by atoms with Crippen molar-refractivity contribution in [3.8, 4) is 11.4 Å². The first kappa shape index (κ1) is 16.0. The van der Waals surface area contributed by atoms with E-state index in [1.54, 1.807) is 24.5 Å². The molecule has 1 fully saturated rings. The molecule has 2 aromatic rings. The van der Waals surface area contributed by atoms with Gasteiger partial charge in [0, 0.05) is 43.2 Å². The van der Waals surface area contributed by atoms with E-state index in [0.717, 1.165) is 24.2 Å². The highest BCUT2D eigenvalue weighted by molar-refractivity contribution is 5.94. The Kier molecular flexibility index (Phi) is 4.79. The van der Waals surface area contributed by atoms with E-state index in [-0.39, 0.29) is 5.91 Å². The van der Waals surface area contributed by atoms with Crippen molar-refractivity contribution < 1.29 is 14.7 Å². The minimum atomic E-state index is -0.867. The summed E-state index contributed by atoms with van der Waals surface area (Å²) in [6.07, 6.45) is 4.14. The molecule has 0 atom stereocenters. The molecule has 1 aliphatic heterocycles. The van der Waals surface area contributed by atoms with Crippen molar-refractivity contribution in [2.75, 3.05) is 19.6 Å². The van der Waals surface area contributed by atoms with E-state index in [1.807, 2.05) is 12.1 Å². The van der Waals surface area contributed by atoms with Crippen molar-refractivity contribution in [3.05, 3.63) is 42.2 Å². The Morgan fingerprint density at radius 2 is 1.96 bits per heavy atom. The molecule has 1 aliphatic rings. The predicted molar refractivity (Wildman–Crippen MR) is 88.7 cm³/mol. The number of nitrogens with zero attached hydrogens (tertiary/aromatic N) is 2. The van der Waals surface area contributed by atoms with Gasteiger partial charge in [0.1, 0.15) is 5.82 Å². The van der Waals surface area contributed by atoms with Crippen molar-refractivity contribution in [3.63, 3.8) is 0 Å². The lowest BCUT2D eigenvalue weighted by atomic mass is 9.97. The molecule has 2 heterocycles. The summed E-state index contributed by atoms with van der Waals surface area (Å²) in [5.74, 6) is 0.987. The number of imidazole rings is 1. The van der Waals surface area contributed by atoms with Crippen LogP contribution in [0.25, 0.3) is 11.4 Å². The Labute approximate surface area is 139 Å². The maximum Gasteiger partial charge on any atom is 0.407 e. The van der Waals surface area contributed by atoms with Crippen LogP contribution >= 0.6 is 0 Å².